The van der Waals surface area contributed by atoms with Crippen LogP contribution in [-0.2, 0) is 0 Å². The highest BCUT2D eigenvalue weighted by Gasteiger charge is 2.08. The molecule has 0 heterocycles. The second-order valence-corrected chi connectivity index (χ2v) is 6.56. The van der Waals surface area contributed by atoms with Gasteiger partial charge in [-0.2, -0.15) is 0 Å². The third-order valence-electron chi connectivity index (χ3n) is 4.69. The number of phenols is 4. The average molecular weight is 370 g/mol. The molecular weight excluding hydrogens is 352 g/mol. The highest BCUT2D eigenvalue weighted by Crippen LogP contribution is 2.35. The van der Waals surface area contributed by atoms with E-state index in [0.717, 1.165) is 22.3 Å². The van der Waals surface area contributed by atoms with Crippen molar-refractivity contribution in [3.8, 4) is 56.4 Å². The second kappa shape index (κ2) is 7.00. The molecule has 28 heavy (non-hydrogen) atoms. The van der Waals surface area contributed by atoms with Crippen LogP contribution in [0.2, 0.25) is 0 Å². The lowest BCUT2D eigenvalue weighted by atomic mass is 9.97. The van der Waals surface area contributed by atoms with Crippen molar-refractivity contribution in [2.45, 2.75) is 0 Å². The molecule has 4 aromatic carbocycles. The fraction of sp³-hybridized carbons (Fsp3) is 0. The van der Waals surface area contributed by atoms with Crippen LogP contribution >= 0.6 is 0 Å². The first-order valence-electron chi connectivity index (χ1n) is 8.76. The van der Waals surface area contributed by atoms with Crippen molar-refractivity contribution in [3.63, 3.8) is 0 Å². The van der Waals surface area contributed by atoms with Gasteiger partial charge in [-0.3, -0.25) is 0 Å². The van der Waals surface area contributed by atoms with E-state index >= 15 is 0 Å². The van der Waals surface area contributed by atoms with Crippen molar-refractivity contribution < 1.29 is 20.4 Å². The van der Waals surface area contributed by atoms with Gasteiger partial charge in [-0.25, -0.2) is 0 Å². The molecule has 0 radical (unpaired) electrons. The maximum Gasteiger partial charge on any atom is 0.127 e. The van der Waals surface area contributed by atoms with Gasteiger partial charge in [-0.15, -0.1) is 0 Å². The quantitative estimate of drug-likeness (QED) is 0.383. The van der Waals surface area contributed by atoms with Crippen molar-refractivity contribution in [2.24, 2.45) is 0 Å². The summed E-state index contributed by atoms with van der Waals surface area (Å²) in [7, 11) is 0. The Balaban J connectivity index is 1.61. The van der Waals surface area contributed by atoms with E-state index in [0.29, 0.717) is 11.1 Å². The lowest BCUT2D eigenvalue weighted by Gasteiger charge is -2.09. The van der Waals surface area contributed by atoms with Gasteiger partial charge in [0.05, 0.1) is 0 Å². The smallest absolute Gasteiger partial charge is 0.127 e. The summed E-state index contributed by atoms with van der Waals surface area (Å²) in [6.07, 6.45) is 0. The highest BCUT2D eigenvalue weighted by atomic mass is 16.3. The van der Waals surface area contributed by atoms with E-state index in [1.165, 1.54) is 12.1 Å². The average Bonchev–Trinajstić information content (AvgIpc) is 2.69. The number of benzene rings is 4. The van der Waals surface area contributed by atoms with Crippen molar-refractivity contribution in [1.29, 1.82) is 0 Å². The van der Waals surface area contributed by atoms with Crippen LogP contribution in [0.5, 0.6) is 23.0 Å². The van der Waals surface area contributed by atoms with Gasteiger partial charge in [-0.1, -0.05) is 48.5 Å². The molecule has 0 aromatic heterocycles. The standard InChI is InChI=1S/C24H18O4/c25-19-9-11-21(23(27)13-19)17-5-1-15(2-6-17)16-3-7-18(8-4-16)22-12-10-20(26)14-24(22)28/h1-14,25-28H. The van der Waals surface area contributed by atoms with E-state index in [2.05, 4.69) is 0 Å². The van der Waals surface area contributed by atoms with Crippen molar-refractivity contribution in [1.82, 2.24) is 0 Å². The zero-order valence-electron chi connectivity index (χ0n) is 14.9. The minimum Gasteiger partial charge on any atom is -0.508 e. The van der Waals surface area contributed by atoms with Crippen LogP contribution in [0.3, 0.4) is 0 Å². The largest absolute Gasteiger partial charge is 0.508 e. The van der Waals surface area contributed by atoms with Crippen LogP contribution in [0, 0.1) is 0 Å². The molecule has 0 aliphatic carbocycles. The third kappa shape index (κ3) is 3.35. The maximum absolute atomic E-state index is 10.0. The van der Waals surface area contributed by atoms with Gasteiger partial charge in [0, 0.05) is 23.3 Å². The Morgan fingerprint density at radius 1 is 0.357 bits per heavy atom. The first kappa shape index (κ1) is 17.5. The summed E-state index contributed by atoms with van der Waals surface area (Å²) in [5.74, 6) is 0.117. The summed E-state index contributed by atoms with van der Waals surface area (Å²) < 4.78 is 0. The van der Waals surface area contributed by atoms with Gasteiger partial charge >= 0.3 is 0 Å². The number of aromatic hydroxyl groups is 4. The van der Waals surface area contributed by atoms with E-state index in [9.17, 15) is 20.4 Å². The molecule has 0 spiro atoms. The lowest BCUT2D eigenvalue weighted by molar-refractivity contribution is 0.451. The summed E-state index contributed by atoms with van der Waals surface area (Å²) in [5, 5.41) is 38.9. The van der Waals surface area contributed by atoms with Gasteiger partial charge in [0.15, 0.2) is 0 Å². The Bertz CT molecular complexity index is 1040. The SMILES string of the molecule is Oc1ccc(-c2ccc(-c3ccc(-c4ccc(O)cc4O)cc3)cc2)c(O)c1. The monoisotopic (exact) mass is 370 g/mol. The molecule has 4 nitrogen and oxygen atoms in total. The minimum absolute atomic E-state index is 0.0256. The van der Waals surface area contributed by atoms with Crippen LogP contribution in [-0.4, -0.2) is 20.4 Å². The van der Waals surface area contributed by atoms with Crippen LogP contribution in [0.1, 0.15) is 0 Å². The summed E-state index contributed by atoms with van der Waals surface area (Å²) in [5.41, 5.74) is 5.05. The van der Waals surface area contributed by atoms with E-state index in [1.54, 1.807) is 24.3 Å². The summed E-state index contributed by atoms with van der Waals surface area (Å²) in [4.78, 5) is 0. The van der Waals surface area contributed by atoms with Crippen LogP contribution in [0.25, 0.3) is 33.4 Å². The first-order chi connectivity index (χ1) is 13.5. The molecular formula is C24H18O4. The molecule has 4 heteroatoms. The van der Waals surface area contributed by atoms with Gasteiger partial charge in [0.2, 0.25) is 0 Å². The lowest BCUT2D eigenvalue weighted by Crippen LogP contribution is -1.83. The molecule has 0 saturated heterocycles. The van der Waals surface area contributed by atoms with Crippen molar-refractivity contribution in [3.05, 3.63) is 84.9 Å². The molecule has 4 N–H and O–H groups in total. The molecule has 0 atom stereocenters. The van der Waals surface area contributed by atoms with E-state index in [1.807, 2.05) is 48.5 Å². The van der Waals surface area contributed by atoms with Crippen LogP contribution < -0.4 is 0 Å². The zero-order chi connectivity index (χ0) is 19.7. The molecule has 0 aliphatic heterocycles. The minimum atomic E-state index is 0.0256. The van der Waals surface area contributed by atoms with Gasteiger partial charge in [0.25, 0.3) is 0 Å². The Labute approximate surface area is 162 Å². The fourth-order valence-corrected chi connectivity index (χ4v) is 3.21. The van der Waals surface area contributed by atoms with E-state index < -0.39 is 0 Å². The molecule has 0 unspecified atom stereocenters. The molecule has 4 rings (SSSR count). The Morgan fingerprint density at radius 3 is 1.00 bits per heavy atom. The molecule has 0 saturated carbocycles. The number of hydrogen-bond donors (Lipinski definition) is 4. The number of rotatable bonds is 3. The molecule has 138 valence electrons. The summed E-state index contributed by atoms with van der Waals surface area (Å²) in [6.45, 7) is 0. The zero-order valence-corrected chi connectivity index (χ0v) is 14.9. The van der Waals surface area contributed by atoms with Gasteiger partial charge < -0.3 is 20.4 Å². The highest BCUT2D eigenvalue weighted by molar-refractivity contribution is 5.77. The topological polar surface area (TPSA) is 80.9 Å². The molecule has 4 aromatic rings. The van der Waals surface area contributed by atoms with Crippen molar-refractivity contribution in [2.75, 3.05) is 0 Å². The Kier molecular flexibility index (Phi) is 4.38. The van der Waals surface area contributed by atoms with Gasteiger partial charge in [0.1, 0.15) is 23.0 Å². The fourth-order valence-electron chi connectivity index (χ4n) is 3.21. The predicted molar refractivity (Wildman–Crippen MR) is 109 cm³/mol. The number of phenolic OH excluding ortho intramolecular Hbond substituents is 4. The molecule has 0 amide bonds. The Hall–Kier alpha value is -3.92. The van der Waals surface area contributed by atoms with E-state index in [4.69, 9.17) is 0 Å². The third-order valence-corrected chi connectivity index (χ3v) is 4.69. The maximum atomic E-state index is 10.0. The van der Waals surface area contributed by atoms with Crippen LogP contribution in [0.15, 0.2) is 84.9 Å². The van der Waals surface area contributed by atoms with E-state index in [-0.39, 0.29) is 23.0 Å². The second-order valence-electron chi connectivity index (χ2n) is 6.56. The molecule has 0 fully saturated rings. The van der Waals surface area contributed by atoms with Crippen molar-refractivity contribution >= 4 is 0 Å². The number of hydrogen-bond acceptors (Lipinski definition) is 4. The normalized spacial score (nSPS) is 10.7. The predicted octanol–water partition coefficient (Wildman–Crippen LogP) is 5.51. The summed E-state index contributed by atoms with van der Waals surface area (Å²) in [6, 6.07) is 24.6. The summed E-state index contributed by atoms with van der Waals surface area (Å²) >= 11 is 0. The molecule has 0 bridgehead atoms. The Morgan fingerprint density at radius 2 is 0.679 bits per heavy atom. The molecule has 0 aliphatic rings. The van der Waals surface area contributed by atoms with Gasteiger partial charge in [-0.05, 0) is 46.5 Å². The van der Waals surface area contributed by atoms with Crippen LogP contribution in [0.4, 0.5) is 0 Å². The first-order valence-corrected chi connectivity index (χ1v) is 8.76.